The summed E-state index contributed by atoms with van der Waals surface area (Å²) < 4.78 is 5.73. The summed E-state index contributed by atoms with van der Waals surface area (Å²) in [7, 11) is 0. The fourth-order valence-electron chi connectivity index (χ4n) is 1.88. The highest BCUT2D eigenvalue weighted by molar-refractivity contribution is 5.11. The van der Waals surface area contributed by atoms with Crippen molar-refractivity contribution >= 4 is 0 Å². The number of hydrogen-bond donors (Lipinski definition) is 2. The minimum atomic E-state index is -0.150. The second-order valence-electron chi connectivity index (χ2n) is 4.71. The molecule has 0 bridgehead atoms. The molecule has 1 aliphatic heterocycles. The molecule has 1 saturated heterocycles. The van der Waals surface area contributed by atoms with Gasteiger partial charge in [-0.15, -0.1) is 0 Å². The molecule has 1 aromatic heterocycles. The highest BCUT2D eigenvalue weighted by Gasteiger charge is 2.16. The first kappa shape index (κ1) is 12.1. The van der Waals surface area contributed by atoms with E-state index in [-0.39, 0.29) is 17.6 Å². The van der Waals surface area contributed by atoms with E-state index in [0.717, 1.165) is 25.9 Å². The SMILES string of the molecule is CC(C)c1nc(OC2CCCNC2)cc(=O)[nH]1. The van der Waals surface area contributed by atoms with Gasteiger partial charge in [-0.2, -0.15) is 4.98 Å². The lowest BCUT2D eigenvalue weighted by Gasteiger charge is -2.23. The maximum Gasteiger partial charge on any atom is 0.254 e. The van der Waals surface area contributed by atoms with Crippen LogP contribution in [0, 0.1) is 0 Å². The zero-order valence-electron chi connectivity index (χ0n) is 10.3. The lowest BCUT2D eigenvalue weighted by Crippen LogP contribution is -2.37. The van der Waals surface area contributed by atoms with Crippen LogP contribution in [0.1, 0.15) is 38.4 Å². The number of ether oxygens (including phenoxy) is 1. The summed E-state index contributed by atoms with van der Waals surface area (Å²) in [6, 6.07) is 1.42. The van der Waals surface area contributed by atoms with Crippen molar-refractivity contribution in [3.63, 3.8) is 0 Å². The molecule has 0 aliphatic carbocycles. The second-order valence-corrected chi connectivity index (χ2v) is 4.71. The van der Waals surface area contributed by atoms with Crippen LogP contribution < -0.4 is 15.6 Å². The molecule has 1 unspecified atom stereocenters. The molecule has 5 nitrogen and oxygen atoms in total. The van der Waals surface area contributed by atoms with Gasteiger partial charge in [-0.25, -0.2) is 0 Å². The van der Waals surface area contributed by atoms with Gasteiger partial charge < -0.3 is 15.0 Å². The number of H-pyrrole nitrogens is 1. The summed E-state index contributed by atoms with van der Waals surface area (Å²) in [5.74, 6) is 1.30. The molecule has 2 N–H and O–H groups in total. The Morgan fingerprint density at radius 3 is 3.00 bits per heavy atom. The minimum Gasteiger partial charge on any atom is -0.473 e. The van der Waals surface area contributed by atoms with Gasteiger partial charge in [0.15, 0.2) is 0 Å². The molecule has 1 aliphatic rings. The number of nitrogens with one attached hydrogen (secondary N) is 2. The Morgan fingerprint density at radius 2 is 2.35 bits per heavy atom. The topological polar surface area (TPSA) is 67.0 Å². The third-order valence-electron chi connectivity index (χ3n) is 2.82. The first-order valence-electron chi connectivity index (χ1n) is 6.14. The molecule has 1 atom stereocenters. The Balaban J connectivity index is 2.11. The van der Waals surface area contributed by atoms with E-state index in [1.807, 2.05) is 13.8 Å². The van der Waals surface area contributed by atoms with Crippen molar-refractivity contribution in [2.75, 3.05) is 13.1 Å². The van der Waals surface area contributed by atoms with Gasteiger partial charge in [0.2, 0.25) is 5.88 Å². The van der Waals surface area contributed by atoms with Crippen LogP contribution in [0.3, 0.4) is 0 Å². The molecule has 17 heavy (non-hydrogen) atoms. The third kappa shape index (κ3) is 3.30. The van der Waals surface area contributed by atoms with Crippen LogP contribution in [-0.4, -0.2) is 29.2 Å². The van der Waals surface area contributed by atoms with Crippen molar-refractivity contribution < 1.29 is 4.74 Å². The summed E-state index contributed by atoms with van der Waals surface area (Å²) in [5, 5.41) is 3.27. The Labute approximate surface area is 101 Å². The van der Waals surface area contributed by atoms with Gasteiger partial charge in [-0.3, -0.25) is 4.79 Å². The number of piperidine rings is 1. The standard InChI is InChI=1S/C12H19N3O2/c1-8(2)12-14-10(16)6-11(15-12)17-9-4-3-5-13-7-9/h6,8-9,13H,3-5,7H2,1-2H3,(H,14,15,16). The van der Waals surface area contributed by atoms with Gasteiger partial charge in [0.1, 0.15) is 11.9 Å². The molecule has 0 radical (unpaired) electrons. The lowest BCUT2D eigenvalue weighted by molar-refractivity contribution is 0.159. The predicted molar refractivity (Wildman–Crippen MR) is 65.5 cm³/mol. The van der Waals surface area contributed by atoms with Crippen LogP contribution in [0.5, 0.6) is 5.88 Å². The lowest BCUT2D eigenvalue weighted by atomic mass is 10.1. The van der Waals surface area contributed by atoms with Crippen molar-refractivity contribution in [3.05, 3.63) is 22.2 Å². The smallest absolute Gasteiger partial charge is 0.254 e. The monoisotopic (exact) mass is 237 g/mol. The molecule has 1 fully saturated rings. The van der Waals surface area contributed by atoms with Crippen molar-refractivity contribution in [1.29, 1.82) is 0 Å². The van der Waals surface area contributed by atoms with E-state index in [2.05, 4.69) is 15.3 Å². The summed E-state index contributed by atoms with van der Waals surface area (Å²) in [4.78, 5) is 18.5. The summed E-state index contributed by atoms with van der Waals surface area (Å²) in [5.41, 5.74) is -0.150. The Kier molecular flexibility index (Phi) is 3.78. The zero-order chi connectivity index (χ0) is 12.3. The van der Waals surface area contributed by atoms with Crippen molar-refractivity contribution in [3.8, 4) is 5.88 Å². The van der Waals surface area contributed by atoms with Gasteiger partial charge in [0.25, 0.3) is 5.56 Å². The zero-order valence-corrected chi connectivity index (χ0v) is 10.3. The molecule has 94 valence electrons. The molecule has 2 heterocycles. The summed E-state index contributed by atoms with van der Waals surface area (Å²) in [6.45, 7) is 5.85. The second kappa shape index (κ2) is 5.31. The van der Waals surface area contributed by atoms with Crippen LogP contribution in [-0.2, 0) is 0 Å². The van der Waals surface area contributed by atoms with Gasteiger partial charge in [-0.1, -0.05) is 13.8 Å². The van der Waals surface area contributed by atoms with Gasteiger partial charge in [0, 0.05) is 12.5 Å². The van der Waals surface area contributed by atoms with E-state index in [4.69, 9.17) is 4.74 Å². The average molecular weight is 237 g/mol. The Hall–Kier alpha value is -1.36. The van der Waals surface area contributed by atoms with Crippen molar-refractivity contribution in [2.24, 2.45) is 0 Å². The molecule has 0 spiro atoms. The van der Waals surface area contributed by atoms with Gasteiger partial charge in [0.05, 0.1) is 6.07 Å². The fraction of sp³-hybridized carbons (Fsp3) is 0.667. The van der Waals surface area contributed by atoms with Gasteiger partial charge >= 0.3 is 0 Å². The van der Waals surface area contributed by atoms with Crippen LogP contribution >= 0.6 is 0 Å². The molecule has 0 aromatic carbocycles. The van der Waals surface area contributed by atoms with E-state index in [1.165, 1.54) is 6.07 Å². The molecular weight excluding hydrogens is 218 g/mol. The third-order valence-corrected chi connectivity index (χ3v) is 2.82. The number of aromatic nitrogens is 2. The maximum atomic E-state index is 11.5. The van der Waals surface area contributed by atoms with Gasteiger partial charge in [-0.05, 0) is 19.4 Å². The van der Waals surface area contributed by atoms with Crippen LogP contribution in [0.4, 0.5) is 0 Å². The maximum absolute atomic E-state index is 11.5. The molecule has 0 amide bonds. The average Bonchev–Trinajstić information content (AvgIpc) is 2.29. The molecular formula is C12H19N3O2. The van der Waals surface area contributed by atoms with Crippen molar-refractivity contribution in [2.45, 2.75) is 38.7 Å². The number of hydrogen-bond acceptors (Lipinski definition) is 4. The van der Waals surface area contributed by atoms with E-state index >= 15 is 0 Å². The highest BCUT2D eigenvalue weighted by Crippen LogP contribution is 2.14. The van der Waals surface area contributed by atoms with Crippen LogP contribution in [0.15, 0.2) is 10.9 Å². The fourth-order valence-corrected chi connectivity index (χ4v) is 1.88. The quantitative estimate of drug-likeness (QED) is 0.823. The van der Waals surface area contributed by atoms with Crippen LogP contribution in [0.2, 0.25) is 0 Å². The first-order valence-corrected chi connectivity index (χ1v) is 6.14. The highest BCUT2D eigenvalue weighted by atomic mass is 16.5. The van der Waals surface area contributed by atoms with E-state index in [0.29, 0.717) is 11.7 Å². The van der Waals surface area contributed by atoms with E-state index < -0.39 is 0 Å². The van der Waals surface area contributed by atoms with E-state index in [9.17, 15) is 4.79 Å². The number of nitrogens with zero attached hydrogens (tertiary/aromatic N) is 1. The normalized spacial score (nSPS) is 20.5. The summed E-state index contributed by atoms with van der Waals surface area (Å²) >= 11 is 0. The Morgan fingerprint density at radius 1 is 1.53 bits per heavy atom. The van der Waals surface area contributed by atoms with Crippen LogP contribution in [0.25, 0.3) is 0 Å². The first-order chi connectivity index (χ1) is 8.15. The van der Waals surface area contributed by atoms with E-state index in [1.54, 1.807) is 0 Å². The molecule has 0 saturated carbocycles. The van der Waals surface area contributed by atoms with Crippen molar-refractivity contribution in [1.82, 2.24) is 15.3 Å². The predicted octanol–water partition coefficient (Wildman–Crippen LogP) is 1.02. The molecule has 5 heteroatoms. The molecule has 1 aromatic rings. The summed E-state index contributed by atoms with van der Waals surface area (Å²) in [6.07, 6.45) is 2.24. The number of rotatable bonds is 3. The minimum absolute atomic E-state index is 0.123. The molecule has 2 rings (SSSR count). The largest absolute Gasteiger partial charge is 0.473 e. The Bertz CT molecular complexity index is 422. The number of aromatic amines is 1.